The van der Waals surface area contributed by atoms with Crippen molar-refractivity contribution in [1.29, 1.82) is 0 Å². The Kier molecular flexibility index (Phi) is 5.13. The van der Waals surface area contributed by atoms with Crippen molar-refractivity contribution in [2.45, 2.75) is 32.4 Å². The lowest BCUT2D eigenvalue weighted by Gasteiger charge is -2.22. The molecule has 0 radical (unpaired) electrons. The summed E-state index contributed by atoms with van der Waals surface area (Å²) in [6.07, 6.45) is 1.78. The highest BCUT2D eigenvalue weighted by Gasteiger charge is 2.10. The first kappa shape index (κ1) is 11.3. The van der Waals surface area contributed by atoms with E-state index in [1.54, 1.807) is 11.8 Å². The maximum Gasteiger partial charge on any atom is 0.0754 e. The Hall–Kier alpha value is 0.270. The number of hydrogen-bond acceptors (Lipinski definition) is 3. The fraction of sp³-hybridized carbons (Fsp3) is 1.00. The van der Waals surface area contributed by atoms with Crippen LogP contribution >= 0.6 is 11.8 Å². The zero-order chi connectivity index (χ0) is 8.91. The number of thioether (sulfide) groups is 1. The van der Waals surface area contributed by atoms with Gasteiger partial charge < -0.3 is 10.4 Å². The molecule has 2 nitrogen and oxygen atoms in total. The van der Waals surface area contributed by atoms with Crippen LogP contribution in [0.1, 0.15) is 20.8 Å². The molecule has 0 amide bonds. The maximum atomic E-state index is 9.33. The molecule has 0 spiro atoms. The molecule has 3 heteroatoms. The summed E-state index contributed by atoms with van der Waals surface area (Å²) in [6.45, 7) is 6.97. The molecule has 1 atom stereocenters. The van der Waals surface area contributed by atoms with Gasteiger partial charge in [0.1, 0.15) is 0 Å². The third-order valence-corrected chi connectivity index (χ3v) is 1.95. The zero-order valence-corrected chi connectivity index (χ0v) is 8.66. The van der Waals surface area contributed by atoms with Crippen LogP contribution in [0.4, 0.5) is 0 Å². The third-order valence-electron chi connectivity index (χ3n) is 1.23. The van der Waals surface area contributed by atoms with E-state index in [1.807, 2.05) is 6.26 Å². The van der Waals surface area contributed by atoms with Crippen LogP contribution in [0.3, 0.4) is 0 Å². The highest BCUT2D eigenvalue weighted by Crippen LogP contribution is 2.00. The fourth-order valence-electron chi connectivity index (χ4n) is 0.675. The molecular formula is C8H19NOS. The lowest BCUT2D eigenvalue weighted by atomic mass is 10.1. The van der Waals surface area contributed by atoms with E-state index in [9.17, 15) is 5.11 Å². The highest BCUT2D eigenvalue weighted by atomic mass is 32.2. The van der Waals surface area contributed by atoms with Crippen LogP contribution < -0.4 is 5.32 Å². The SMILES string of the molecule is CSCC(O)CNC(C)(C)C. The molecule has 0 saturated carbocycles. The Bertz CT molecular complexity index is 101. The maximum absolute atomic E-state index is 9.33. The number of hydrogen-bond donors (Lipinski definition) is 2. The molecule has 1 unspecified atom stereocenters. The lowest BCUT2D eigenvalue weighted by molar-refractivity contribution is 0.183. The minimum Gasteiger partial charge on any atom is -0.391 e. The molecule has 0 aliphatic heterocycles. The number of nitrogens with one attached hydrogen (secondary N) is 1. The van der Waals surface area contributed by atoms with E-state index < -0.39 is 0 Å². The number of rotatable bonds is 4. The van der Waals surface area contributed by atoms with E-state index in [-0.39, 0.29) is 11.6 Å². The average molecular weight is 177 g/mol. The van der Waals surface area contributed by atoms with Crippen LogP contribution in [0.5, 0.6) is 0 Å². The normalized spacial score (nSPS) is 15.0. The monoisotopic (exact) mass is 177 g/mol. The first-order valence-electron chi connectivity index (χ1n) is 3.88. The van der Waals surface area contributed by atoms with Crippen molar-refractivity contribution in [2.24, 2.45) is 0 Å². The molecule has 0 aliphatic carbocycles. The first-order valence-corrected chi connectivity index (χ1v) is 5.27. The van der Waals surface area contributed by atoms with Crippen LogP contribution in [0, 0.1) is 0 Å². The minimum atomic E-state index is -0.218. The Morgan fingerprint density at radius 3 is 2.36 bits per heavy atom. The van der Waals surface area contributed by atoms with Crippen molar-refractivity contribution in [2.75, 3.05) is 18.6 Å². The summed E-state index contributed by atoms with van der Waals surface area (Å²) in [5, 5.41) is 12.6. The van der Waals surface area contributed by atoms with E-state index >= 15 is 0 Å². The summed E-state index contributed by atoms with van der Waals surface area (Å²) in [5.41, 5.74) is 0.111. The summed E-state index contributed by atoms with van der Waals surface area (Å²) < 4.78 is 0. The Morgan fingerprint density at radius 2 is 2.00 bits per heavy atom. The quantitative estimate of drug-likeness (QED) is 0.674. The van der Waals surface area contributed by atoms with Crippen molar-refractivity contribution in [3.8, 4) is 0 Å². The predicted octanol–water partition coefficient (Wildman–Crippen LogP) is 1.10. The first-order chi connectivity index (χ1) is 4.95. The van der Waals surface area contributed by atoms with Gasteiger partial charge in [0.25, 0.3) is 0 Å². The van der Waals surface area contributed by atoms with Gasteiger partial charge in [-0.1, -0.05) is 0 Å². The van der Waals surface area contributed by atoms with E-state index in [4.69, 9.17) is 0 Å². The number of aliphatic hydroxyl groups excluding tert-OH is 1. The molecular weight excluding hydrogens is 158 g/mol. The van der Waals surface area contributed by atoms with Crippen molar-refractivity contribution in [3.63, 3.8) is 0 Å². The predicted molar refractivity (Wildman–Crippen MR) is 52.1 cm³/mol. The second kappa shape index (κ2) is 5.01. The second-order valence-corrected chi connectivity index (χ2v) is 4.65. The summed E-state index contributed by atoms with van der Waals surface area (Å²) >= 11 is 1.67. The molecule has 2 N–H and O–H groups in total. The molecule has 0 bridgehead atoms. The van der Waals surface area contributed by atoms with Crippen LogP contribution in [0.25, 0.3) is 0 Å². The van der Waals surface area contributed by atoms with Gasteiger partial charge in [-0.2, -0.15) is 11.8 Å². The average Bonchev–Trinajstić information content (AvgIpc) is 1.83. The summed E-state index contributed by atoms with van der Waals surface area (Å²) in [4.78, 5) is 0. The molecule has 0 aliphatic rings. The third kappa shape index (κ3) is 8.17. The van der Waals surface area contributed by atoms with Crippen molar-refractivity contribution < 1.29 is 5.11 Å². The van der Waals surface area contributed by atoms with Crippen LogP contribution in [0.15, 0.2) is 0 Å². The van der Waals surface area contributed by atoms with Crippen LogP contribution in [-0.2, 0) is 0 Å². The van der Waals surface area contributed by atoms with Crippen molar-refractivity contribution in [1.82, 2.24) is 5.32 Å². The van der Waals surface area contributed by atoms with E-state index in [0.717, 1.165) is 5.75 Å². The van der Waals surface area contributed by atoms with Gasteiger partial charge in [0, 0.05) is 17.8 Å². The van der Waals surface area contributed by atoms with Crippen LogP contribution in [-0.4, -0.2) is 35.3 Å². The standard InChI is InChI=1S/C8H19NOS/c1-8(2,3)9-5-7(10)6-11-4/h7,9-10H,5-6H2,1-4H3. The van der Waals surface area contributed by atoms with Gasteiger partial charge in [-0.05, 0) is 27.0 Å². The van der Waals surface area contributed by atoms with Crippen molar-refractivity contribution in [3.05, 3.63) is 0 Å². The van der Waals surface area contributed by atoms with Crippen LogP contribution in [0.2, 0.25) is 0 Å². The largest absolute Gasteiger partial charge is 0.391 e. The molecule has 68 valence electrons. The Balaban J connectivity index is 3.38. The Labute approximate surface area is 73.8 Å². The molecule has 0 aromatic carbocycles. The van der Waals surface area contributed by atoms with Gasteiger partial charge in [-0.25, -0.2) is 0 Å². The Morgan fingerprint density at radius 1 is 1.45 bits per heavy atom. The van der Waals surface area contributed by atoms with Gasteiger partial charge in [-0.15, -0.1) is 0 Å². The lowest BCUT2D eigenvalue weighted by Crippen LogP contribution is -2.41. The van der Waals surface area contributed by atoms with Gasteiger partial charge in [0.2, 0.25) is 0 Å². The number of β-amino-alcohol motifs (C(OH)–C–C–N with tert-alkyl or cyclic N) is 1. The van der Waals surface area contributed by atoms with Gasteiger partial charge in [-0.3, -0.25) is 0 Å². The molecule has 0 rings (SSSR count). The zero-order valence-electron chi connectivity index (χ0n) is 7.85. The topological polar surface area (TPSA) is 32.3 Å². The molecule has 0 aromatic rings. The summed E-state index contributed by atoms with van der Waals surface area (Å²) in [7, 11) is 0. The fourth-order valence-corrected chi connectivity index (χ4v) is 1.18. The van der Waals surface area contributed by atoms with Gasteiger partial charge in [0.15, 0.2) is 0 Å². The summed E-state index contributed by atoms with van der Waals surface area (Å²) in [5.74, 6) is 0.809. The van der Waals surface area contributed by atoms with E-state index in [2.05, 4.69) is 26.1 Å². The second-order valence-electron chi connectivity index (χ2n) is 3.74. The van der Waals surface area contributed by atoms with E-state index in [0.29, 0.717) is 6.54 Å². The molecule has 0 saturated heterocycles. The smallest absolute Gasteiger partial charge is 0.0754 e. The van der Waals surface area contributed by atoms with Gasteiger partial charge >= 0.3 is 0 Å². The molecule has 0 aromatic heterocycles. The minimum absolute atomic E-state index is 0.111. The van der Waals surface area contributed by atoms with Crippen molar-refractivity contribution >= 4 is 11.8 Å². The summed E-state index contributed by atoms with van der Waals surface area (Å²) in [6, 6.07) is 0. The molecule has 11 heavy (non-hydrogen) atoms. The highest BCUT2D eigenvalue weighted by molar-refractivity contribution is 7.98. The van der Waals surface area contributed by atoms with E-state index in [1.165, 1.54) is 0 Å². The molecule has 0 heterocycles. The molecule has 0 fully saturated rings. The number of aliphatic hydroxyl groups is 1. The van der Waals surface area contributed by atoms with Gasteiger partial charge in [0.05, 0.1) is 6.10 Å².